The number of H-pyrrole nitrogens is 2. The van der Waals surface area contributed by atoms with Gasteiger partial charge < -0.3 is 9.97 Å². The molecule has 0 atom stereocenters. The molecular weight excluding hydrogens is 585 g/mol. The highest BCUT2D eigenvalue weighted by atomic mass is 14.9. The lowest BCUT2D eigenvalue weighted by molar-refractivity contribution is 1.33. The van der Waals surface area contributed by atoms with Crippen molar-refractivity contribution in [3.05, 3.63) is 157 Å². The molecule has 0 bridgehead atoms. The lowest BCUT2D eigenvalue weighted by Crippen LogP contribution is -1.81. The molecule has 0 spiro atoms. The first-order valence-electron chi connectivity index (χ1n) is 16.3. The Bertz CT molecular complexity index is 2440. The van der Waals surface area contributed by atoms with Gasteiger partial charge in [-0.2, -0.15) is 0 Å². The molecule has 10 aromatic rings. The summed E-state index contributed by atoms with van der Waals surface area (Å²) in [5.74, 6) is 1.85. The van der Waals surface area contributed by atoms with E-state index in [-0.39, 0.29) is 0 Å². The zero-order valence-electron chi connectivity index (χ0n) is 26.8. The molecular formula is C44H32N4. The minimum absolute atomic E-state index is 0.923. The largest absolute Gasteiger partial charge is 0.337 e. The van der Waals surface area contributed by atoms with Gasteiger partial charge in [0.25, 0.3) is 0 Å². The molecule has 0 radical (unpaired) electrons. The molecule has 0 amide bonds. The van der Waals surface area contributed by atoms with Gasteiger partial charge in [-0.05, 0) is 35.4 Å². The van der Waals surface area contributed by atoms with Crippen molar-refractivity contribution in [2.45, 2.75) is 13.8 Å². The summed E-state index contributed by atoms with van der Waals surface area (Å²) in [4.78, 5) is 17.0. The fraction of sp³-hybridized carbons (Fsp3) is 0.0455. The topological polar surface area (TPSA) is 57.4 Å². The quantitative estimate of drug-likeness (QED) is 0.190. The van der Waals surface area contributed by atoms with E-state index < -0.39 is 0 Å². The number of aromatic nitrogens is 4. The van der Waals surface area contributed by atoms with E-state index in [0.29, 0.717) is 0 Å². The van der Waals surface area contributed by atoms with E-state index in [1.807, 2.05) is 0 Å². The zero-order chi connectivity index (χ0) is 32.2. The van der Waals surface area contributed by atoms with E-state index in [9.17, 15) is 0 Å². The number of nitrogens with zero attached hydrogens (tertiary/aromatic N) is 2. The Kier molecular flexibility index (Phi) is 6.54. The summed E-state index contributed by atoms with van der Waals surface area (Å²) in [6, 6.07) is 51.1. The van der Waals surface area contributed by atoms with Crippen LogP contribution in [-0.4, -0.2) is 19.9 Å². The van der Waals surface area contributed by atoms with Crippen LogP contribution in [0.3, 0.4) is 0 Å². The minimum atomic E-state index is 0.923. The number of imidazole rings is 2. The van der Waals surface area contributed by atoms with Crippen LogP contribution < -0.4 is 0 Å². The molecule has 2 heterocycles. The summed E-state index contributed by atoms with van der Waals surface area (Å²) in [5.41, 5.74) is 9.05. The van der Waals surface area contributed by atoms with E-state index in [0.717, 1.165) is 44.8 Å². The van der Waals surface area contributed by atoms with Crippen LogP contribution in [0.5, 0.6) is 0 Å². The van der Waals surface area contributed by atoms with Gasteiger partial charge in [-0.25, -0.2) is 9.97 Å². The van der Waals surface area contributed by atoms with Crippen molar-refractivity contribution in [3.8, 4) is 22.8 Å². The van der Waals surface area contributed by atoms with Gasteiger partial charge in [-0.3, -0.25) is 0 Å². The number of nitrogens with one attached hydrogen (secondary N) is 2. The van der Waals surface area contributed by atoms with Gasteiger partial charge in [0.1, 0.15) is 11.6 Å². The normalized spacial score (nSPS) is 11.5. The third-order valence-corrected chi connectivity index (χ3v) is 9.40. The first-order chi connectivity index (χ1) is 23.6. The molecule has 2 aromatic heterocycles. The first-order valence-corrected chi connectivity index (χ1v) is 16.3. The number of aryl methyl sites for hydroxylation is 2. The summed E-state index contributed by atoms with van der Waals surface area (Å²) in [7, 11) is 0. The second-order valence-corrected chi connectivity index (χ2v) is 12.5. The average Bonchev–Trinajstić information content (AvgIpc) is 3.80. The van der Waals surface area contributed by atoms with Crippen molar-refractivity contribution in [1.82, 2.24) is 19.9 Å². The molecule has 4 heteroatoms. The maximum atomic E-state index is 4.94. The van der Waals surface area contributed by atoms with E-state index in [1.54, 1.807) is 0 Å². The molecule has 2 N–H and O–H groups in total. The van der Waals surface area contributed by atoms with Gasteiger partial charge in [-0.15, -0.1) is 0 Å². The summed E-state index contributed by atoms with van der Waals surface area (Å²) in [6.45, 7) is 4.20. The van der Waals surface area contributed by atoms with E-state index >= 15 is 0 Å². The van der Waals surface area contributed by atoms with E-state index in [2.05, 4.69) is 169 Å². The fourth-order valence-corrected chi connectivity index (χ4v) is 6.94. The highest BCUT2D eigenvalue weighted by molar-refractivity contribution is 6.24. The summed E-state index contributed by atoms with van der Waals surface area (Å²) < 4.78 is 0. The predicted molar refractivity (Wildman–Crippen MR) is 203 cm³/mol. The molecule has 0 fully saturated rings. The van der Waals surface area contributed by atoms with Crippen LogP contribution in [0.15, 0.2) is 146 Å². The molecule has 10 rings (SSSR count). The Hall–Kier alpha value is -6.26. The molecule has 0 saturated carbocycles. The Morgan fingerprint density at radius 1 is 0.333 bits per heavy atom. The third kappa shape index (κ3) is 4.61. The smallest absolute Gasteiger partial charge is 0.138 e. The van der Waals surface area contributed by atoms with Crippen LogP contribution >= 0.6 is 0 Å². The predicted octanol–water partition coefficient (Wildman–Crippen LogP) is 11.7. The Labute approximate surface area is 277 Å². The molecule has 228 valence electrons. The number of fused-ring (bicyclic) bond motifs is 12. The first kappa shape index (κ1) is 28.0. The van der Waals surface area contributed by atoms with E-state index in [4.69, 9.17) is 9.97 Å². The number of benzene rings is 8. The Morgan fingerprint density at radius 2 is 0.625 bits per heavy atom. The monoisotopic (exact) mass is 616 g/mol. The van der Waals surface area contributed by atoms with Gasteiger partial charge in [0.05, 0.1) is 22.1 Å². The maximum Gasteiger partial charge on any atom is 0.138 e. The third-order valence-electron chi connectivity index (χ3n) is 9.40. The number of hydrogen-bond donors (Lipinski definition) is 2. The minimum Gasteiger partial charge on any atom is -0.337 e. The number of aromatic amines is 2. The van der Waals surface area contributed by atoms with Crippen LogP contribution in [0.1, 0.15) is 11.1 Å². The van der Waals surface area contributed by atoms with Crippen molar-refractivity contribution in [3.63, 3.8) is 0 Å². The van der Waals surface area contributed by atoms with Crippen molar-refractivity contribution >= 4 is 65.2 Å². The van der Waals surface area contributed by atoms with Crippen molar-refractivity contribution in [2.24, 2.45) is 0 Å². The standard InChI is InChI=1S/2C22H16N2/c2*1-14-10-12-15(13-11-14)22-23-20-18-8-4-2-6-16(18)17-7-3-5-9-19(17)21(20)24-22/h2*2-13H,1H3,(H,23,24). The van der Waals surface area contributed by atoms with Gasteiger partial charge in [-0.1, -0.05) is 157 Å². The number of hydrogen-bond acceptors (Lipinski definition) is 2. The van der Waals surface area contributed by atoms with Crippen LogP contribution in [0.2, 0.25) is 0 Å². The van der Waals surface area contributed by atoms with Gasteiger partial charge >= 0.3 is 0 Å². The van der Waals surface area contributed by atoms with Gasteiger partial charge in [0, 0.05) is 32.7 Å². The van der Waals surface area contributed by atoms with Crippen LogP contribution in [-0.2, 0) is 0 Å². The Morgan fingerprint density at radius 3 is 0.979 bits per heavy atom. The Balaban J connectivity index is 0.000000131. The van der Waals surface area contributed by atoms with Gasteiger partial charge in [0.2, 0.25) is 0 Å². The highest BCUT2D eigenvalue weighted by Gasteiger charge is 2.14. The van der Waals surface area contributed by atoms with Gasteiger partial charge in [0.15, 0.2) is 0 Å². The lowest BCUT2D eigenvalue weighted by Gasteiger charge is -2.05. The second kappa shape index (κ2) is 11.2. The van der Waals surface area contributed by atoms with Crippen LogP contribution in [0, 0.1) is 13.8 Å². The molecule has 0 unspecified atom stereocenters. The molecule has 0 saturated heterocycles. The lowest BCUT2D eigenvalue weighted by atomic mass is 10.0. The van der Waals surface area contributed by atoms with Crippen molar-refractivity contribution < 1.29 is 0 Å². The zero-order valence-corrected chi connectivity index (χ0v) is 26.8. The van der Waals surface area contributed by atoms with Crippen LogP contribution in [0.25, 0.3) is 87.9 Å². The van der Waals surface area contributed by atoms with Crippen LogP contribution in [0.4, 0.5) is 0 Å². The van der Waals surface area contributed by atoms with Crippen molar-refractivity contribution in [1.29, 1.82) is 0 Å². The summed E-state index contributed by atoms with van der Waals surface area (Å²) in [5, 5.41) is 9.86. The SMILES string of the molecule is Cc1ccc(-c2nc3c4ccccc4c4ccccc4c3[nH]2)cc1.Cc1ccc(-c2nc3c4ccccc4c4ccccc4c3[nH]2)cc1. The summed E-state index contributed by atoms with van der Waals surface area (Å²) in [6.07, 6.45) is 0. The molecule has 8 aromatic carbocycles. The number of rotatable bonds is 2. The highest BCUT2D eigenvalue weighted by Crippen LogP contribution is 2.36. The second-order valence-electron chi connectivity index (χ2n) is 12.5. The maximum absolute atomic E-state index is 4.94. The fourth-order valence-electron chi connectivity index (χ4n) is 6.94. The molecule has 0 aliphatic heterocycles. The molecule has 4 nitrogen and oxygen atoms in total. The molecule has 48 heavy (non-hydrogen) atoms. The summed E-state index contributed by atoms with van der Waals surface area (Å²) >= 11 is 0. The molecule has 0 aliphatic carbocycles. The van der Waals surface area contributed by atoms with Crippen molar-refractivity contribution in [2.75, 3.05) is 0 Å². The average molecular weight is 617 g/mol. The van der Waals surface area contributed by atoms with E-state index in [1.165, 1.54) is 54.2 Å². The molecule has 0 aliphatic rings.